The zero-order valence-electron chi connectivity index (χ0n) is 19.1. The highest BCUT2D eigenvalue weighted by Crippen LogP contribution is 2.33. The second-order valence-corrected chi connectivity index (χ2v) is 8.94. The van der Waals surface area contributed by atoms with Crippen LogP contribution in [0.25, 0.3) is 11.0 Å². The monoisotopic (exact) mass is 536 g/mol. The number of rotatable bonds is 9. The zero-order valence-corrected chi connectivity index (χ0v) is 20.7. The number of aromatic hydroxyl groups is 1. The standard InChI is InChI=1S/C24H26BrFN2O6/c1-4-33-23(31)17-21(29)19-20(28(22(17)30)10-5-11-34-24(2,3)32)18(25)15(13-27-19)12-14-6-8-16(26)9-7-14/h6-9,13,29,32H,4-5,10-12H2,1-3H3. The molecule has 2 heterocycles. The number of aliphatic hydroxyl groups is 1. The highest BCUT2D eigenvalue weighted by Gasteiger charge is 2.26. The highest BCUT2D eigenvalue weighted by molar-refractivity contribution is 9.10. The molecule has 0 atom stereocenters. The number of carbonyl (C=O) groups excluding carboxylic acids is 1. The molecule has 0 aliphatic carbocycles. The first kappa shape index (κ1) is 25.8. The molecule has 0 spiro atoms. The van der Waals surface area contributed by atoms with Crippen LogP contribution in [0.5, 0.6) is 5.75 Å². The Morgan fingerprint density at radius 3 is 2.56 bits per heavy atom. The smallest absolute Gasteiger partial charge is 0.347 e. The lowest BCUT2D eigenvalue weighted by molar-refractivity contribution is -0.176. The number of pyridine rings is 2. The topological polar surface area (TPSA) is 111 Å². The highest BCUT2D eigenvalue weighted by atomic mass is 79.9. The van der Waals surface area contributed by atoms with Gasteiger partial charge in [0.1, 0.15) is 11.3 Å². The summed E-state index contributed by atoms with van der Waals surface area (Å²) < 4.78 is 25.4. The van der Waals surface area contributed by atoms with E-state index in [1.165, 1.54) is 36.7 Å². The Balaban J connectivity index is 2.12. The number of esters is 1. The van der Waals surface area contributed by atoms with Gasteiger partial charge in [0.15, 0.2) is 17.1 Å². The summed E-state index contributed by atoms with van der Waals surface area (Å²) >= 11 is 3.53. The first-order valence-electron chi connectivity index (χ1n) is 10.7. The fourth-order valence-corrected chi connectivity index (χ4v) is 4.13. The molecule has 34 heavy (non-hydrogen) atoms. The Hall–Kier alpha value is -2.82. The van der Waals surface area contributed by atoms with E-state index in [1.807, 2.05) is 0 Å². The first-order valence-corrected chi connectivity index (χ1v) is 11.5. The van der Waals surface area contributed by atoms with Gasteiger partial charge in [-0.25, -0.2) is 9.18 Å². The molecule has 0 unspecified atom stereocenters. The summed E-state index contributed by atoms with van der Waals surface area (Å²) in [5, 5.41) is 20.5. The molecule has 1 aromatic carbocycles. The third-order valence-electron chi connectivity index (χ3n) is 5.02. The van der Waals surface area contributed by atoms with Crippen molar-refractivity contribution in [2.24, 2.45) is 0 Å². The lowest BCUT2D eigenvalue weighted by atomic mass is 10.1. The minimum Gasteiger partial charge on any atom is -0.505 e. The first-order chi connectivity index (χ1) is 16.0. The largest absolute Gasteiger partial charge is 0.505 e. The van der Waals surface area contributed by atoms with E-state index in [2.05, 4.69) is 20.9 Å². The molecule has 2 aromatic heterocycles. The van der Waals surface area contributed by atoms with Gasteiger partial charge in [-0.2, -0.15) is 0 Å². The number of fused-ring (bicyclic) bond motifs is 1. The van der Waals surface area contributed by atoms with Crippen molar-refractivity contribution in [3.05, 3.63) is 67.8 Å². The van der Waals surface area contributed by atoms with Gasteiger partial charge in [0.2, 0.25) is 0 Å². The fourth-order valence-electron chi connectivity index (χ4n) is 3.48. The maximum atomic E-state index is 13.3. The Bertz CT molecular complexity index is 1250. The summed E-state index contributed by atoms with van der Waals surface area (Å²) in [6.45, 7) is 4.89. The van der Waals surface area contributed by atoms with Crippen LogP contribution in [0.3, 0.4) is 0 Å². The van der Waals surface area contributed by atoms with Crippen molar-refractivity contribution in [1.82, 2.24) is 9.55 Å². The van der Waals surface area contributed by atoms with Crippen molar-refractivity contribution < 1.29 is 28.9 Å². The summed E-state index contributed by atoms with van der Waals surface area (Å²) in [7, 11) is 0. The van der Waals surface area contributed by atoms with E-state index in [4.69, 9.17) is 9.47 Å². The predicted octanol–water partition coefficient (Wildman–Crippen LogP) is 3.91. The number of aromatic nitrogens is 2. The van der Waals surface area contributed by atoms with Crippen LogP contribution in [0, 0.1) is 5.82 Å². The van der Waals surface area contributed by atoms with E-state index in [0.29, 0.717) is 28.4 Å². The van der Waals surface area contributed by atoms with Gasteiger partial charge >= 0.3 is 5.97 Å². The van der Waals surface area contributed by atoms with Crippen LogP contribution in [-0.4, -0.2) is 44.7 Å². The van der Waals surface area contributed by atoms with Gasteiger partial charge in [-0.1, -0.05) is 12.1 Å². The van der Waals surface area contributed by atoms with Gasteiger partial charge in [-0.3, -0.25) is 9.78 Å². The van der Waals surface area contributed by atoms with Crippen LogP contribution in [0.4, 0.5) is 4.39 Å². The molecule has 0 amide bonds. The molecule has 182 valence electrons. The van der Waals surface area contributed by atoms with Crippen LogP contribution in [0.1, 0.15) is 48.7 Å². The van der Waals surface area contributed by atoms with Crippen LogP contribution < -0.4 is 5.56 Å². The summed E-state index contributed by atoms with van der Waals surface area (Å²) in [6, 6.07) is 6.00. The Morgan fingerprint density at radius 1 is 1.26 bits per heavy atom. The maximum absolute atomic E-state index is 13.3. The third-order valence-corrected chi connectivity index (χ3v) is 5.91. The van der Waals surface area contributed by atoms with E-state index in [0.717, 1.165) is 5.56 Å². The summed E-state index contributed by atoms with van der Waals surface area (Å²) in [5.74, 6) is -3.18. The average molecular weight is 537 g/mol. The number of aryl methyl sites for hydroxylation is 1. The molecule has 3 aromatic rings. The second kappa shape index (κ2) is 10.6. The number of ether oxygens (including phenoxy) is 2. The number of halogens is 2. The minimum atomic E-state index is -1.33. The number of benzene rings is 1. The van der Waals surface area contributed by atoms with E-state index in [9.17, 15) is 24.2 Å². The molecule has 2 N–H and O–H groups in total. The molecule has 3 rings (SSSR count). The Kier molecular flexibility index (Phi) is 8.06. The van der Waals surface area contributed by atoms with E-state index in [1.54, 1.807) is 19.1 Å². The molecule has 8 nitrogen and oxygen atoms in total. The molecule has 0 saturated heterocycles. The SMILES string of the molecule is CCOC(=O)c1c(O)c2ncc(Cc3ccc(F)cc3)c(Br)c2n(CCCOC(C)(C)O)c1=O. The van der Waals surface area contributed by atoms with Gasteiger partial charge in [0, 0.05) is 23.6 Å². The zero-order chi connectivity index (χ0) is 25.0. The Labute approximate surface area is 204 Å². The normalized spacial score (nSPS) is 11.7. The van der Waals surface area contributed by atoms with E-state index < -0.39 is 28.6 Å². The minimum absolute atomic E-state index is 0.0307. The van der Waals surface area contributed by atoms with Gasteiger partial charge in [0.25, 0.3) is 5.56 Å². The Morgan fingerprint density at radius 2 is 1.94 bits per heavy atom. The van der Waals surface area contributed by atoms with Crippen molar-refractivity contribution in [3.8, 4) is 5.75 Å². The summed E-state index contributed by atoms with van der Waals surface area (Å²) in [6.07, 6.45) is 2.25. The lowest BCUT2D eigenvalue weighted by Gasteiger charge is -2.19. The van der Waals surface area contributed by atoms with Crippen LogP contribution >= 0.6 is 15.9 Å². The molecule has 0 aliphatic rings. The van der Waals surface area contributed by atoms with Crippen molar-refractivity contribution in [2.45, 2.75) is 45.9 Å². The van der Waals surface area contributed by atoms with Gasteiger partial charge in [-0.05, 0) is 66.4 Å². The second-order valence-electron chi connectivity index (χ2n) is 8.15. The van der Waals surface area contributed by atoms with Crippen LogP contribution in [-0.2, 0) is 22.4 Å². The molecule has 0 bridgehead atoms. The number of hydrogen-bond donors (Lipinski definition) is 2. The van der Waals surface area contributed by atoms with Gasteiger partial charge < -0.3 is 24.3 Å². The number of nitrogens with zero attached hydrogens (tertiary/aromatic N) is 2. The number of carbonyl (C=O) groups is 1. The molecule has 0 saturated carbocycles. The van der Waals surface area contributed by atoms with Crippen LogP contribution in [0.2, 0.25) is 0 Å². The van der Waals surface area contributed by atoms with Crippen molar-refractivity contribution in [3.63, 3.8) is 0 Å². The van der Waals surface area contributed by atoms with E-state index >= 15 is 0 Å². The summed E-state index contributed by atoms with van der Waals surface area (Å²) in [4.78, 5) is 30.1. The average Bonchev–Trinajstić information content (AvgIpc) is 2.76. The van der Waals surface area contributed by atoms with Crippen molar-refractivity contribution >= 4 is 32.9 Å². The number of hydrogen-bond acceptors (Lipinski definition) is 7. The molecule has 0 fully saturated rings. The summed E-state index contributed by atoms with van der Waals surface area (Å²) in [5.41, 5.74) is 0.655. The van der Waals surface area contributed by atoms with Gasteiger partial charge in [-0.15, -0.1) is 0 Å². The maximum Gasteiger partial charge on any atom is 0.347 e. The molecular formula is C24H26BrFN2O6. The molecule has 10 heteroatoms. The van der Waals surface area contributed by atoms with E-state index in [-0.39, 0.29) is 31.1 Å². The van der Waals surface area contributed by atoms with Crippen molar-refractivity contribution in [1.29, 1.82) is 0 Å². The van der Waals surface area contributed by atoms with Gasteiger partial charge in [0.05, 0.1) is 18.7 Å². The van der Waals surface area contributed by atoms with Crippen LogP contribution in [0.15, 0.2) is 39.7 Å². The molecule has 0 radical (unpaired) electrons. The molecule has 0 aliphatic heterocycles. The van der Waals surface area contributed by atoms with Crippen molar-refractivity contribution in [2.75, 3.05) is 13.2 Å². The lowest BCUT2D eigenvalue weighted by Crippen LogP contribution is -2.30. The molecular weight excluding hydrogens is 511 g/mol. The quantitative estimate of drug-likeness (QED) is 0.242. The third kappa shape index (κ3) is 5.81. The predicted molar refractivity (Wildman–Crippen MR) is 127 cm³/mol. The fraction of sp³-hybridized carbons (Fsp3) is 0.375.